The number of halogens is 1. The van der Waals surface area contributed by atoms with Gasteiger partial charge in [-0.15, -0.1) is 0 Å². The molecule has 0 heterocycles. The van der Waals surface area contributed by atoms with Crippen LogP contribution in [0.1, 0.15) is 12.8 Å². The maximum absolute atomic E-state index is 12.5. The second-order valence-corrected chi connectivity index (χ2v) is 3.39. The Morgan fingerprint density at radius 1 is 1.44 bits per heavy atom. The lowest BCUT2D eigenvalue weighted by molar-refractivity contribution is -0.138. The molecule has 16 heavy (non-hydrogen) atoms. The zero-order valence-electron chi connectivity index (χ0n) is 8.73. The molecule has 1 atom stereocenters. The first-order valence-electron chi connectivity index (χ1n) is 4.96. The summed E-state index contributed by atoms with van der Waals surface area (Å²) in [6.45, 7) is 0.368. The molecule has 1 aromatic rings. The lowest BCUT2D eigenvalue weighted by Crippen LogP contribution is -2.30. The molecule has 5 heteroatoms. The van der Waals surface area contributed by atoms with Crippen molar-refractivity contribution in [1.82, 2.24) is 0 Å². The second-order valence-electron chi connectivity index (χ2n) is 3.39. The molecule has 0 fully saturated rings. The Hall–Kier alpha value is -1.62. The van der Waals surface area contributed by atoms with E-state index < -0.39 is 12.0 Å². The number of hydrogen-bond acceptors (Lipinski definition) is 3. The van der Waals surface area contributed by atoms with Gasteiger partial charge in [0.1, 0.15) is 17.6 Å². The highest BCUT2D eigenvalue weighted by molar-refractivity contribution is 5.72. The Bertz CT molecular complexity index is 340. The van der Waals surface area contributed by atoms with Gasteiger partial charge < -0.3 is 15.6 Å². The summed E-state index contributed by atoms with van der Waals surface area (Å²) in [7, 11) is 0. The van der Waals surface area contributed by atoms with Crippen LogP contribution >= 0.6 is 0 Å². The van der Waals surface area contributed by atoms with Crippen molar-refractivity contribution in [3.63, 3.8) is 0 Å². The van der Waals surface area contributed by atoms with E-state index in [0.29, 0.717) is 25.2 Å². The van der Waals surface area contributed by atoms with Crippen LogP contribution in [0.3, 0.4) is 0 Å². The maximum atomic E-state index is 12.5. The van der Waals surface area contributed by atoms with Crippen LogP contribution in [-0.4, -0.2) is 23.7 Å². The van der Waals surface area contributed by atoms with Gasteiger partial charge in [-0.25, -0.2) is 4.39 Å². The normalized spacial score (nSPS) is 12.1. The van der Waals surface area contributed by atoms with E-state index in [4.69, 9.17) is 15.6 Å². The average Bonchev–Trinajstić information content (AvgIpc) is 2.26. The summed E-state index contributed by atoms with van der Waals surface area (Å²) < 4.78 is 17.8. The average molecular weight is 227 g/mol. The highest BCUT2D eigenvalue weighted by Crippen LogP contribution is 2.11. The Balaban J connectivity index is 2.21. The van der Waals surface area contributed by atoms with Crippen molar-refractivity contribution in [3.8, 4) is 5.75 Å². The predicted molar refractivity (Wildman–Crippen MR) is 56.7 cm³/mol. The number of aliphatic carboxylic acids is 1. The number of rotatable bonds is 6. The molecule has 1 aromatic carbocycles. The maximum Gasteiger partial charge on any atom is 0.320 e. The zero-order chi connectivity index (χ0) is 12.0. The molecule has 0 saturated carbocycles. The minimum Gasteiger partial charge on any atom is -0.494 e. The molecule has 0 spiro atoms. The monoisotopic (exact) mass is 227 g/mol. The molecule has 0 aliphatic heterocycles. The van der Waals surface area contributed by atoms with Crippen molar-refractivity contribution in [1.29, 1.82) is 0 Å². The van der Waals surface area contributed by atoms with Crippen molar-refractivity contribution in [2.75, 3.05) is 6.61 Å². The van der Waals surface area contributed by atoms with Crippen LogP contribution in [0.4, 0.5) is 4.39 Å². The number of benzene rings is 1. The fourth-order valence-corrected chi connectivity index (χ4v) is 1.15. The summed E-state index contributed by atoms with van der Waals surface area (Å²) >= 11 is 0. The molecule has 0 bridgehead atoms. The van der Waals surface area contributed by atoms with Crippen molar-refractivity contribution in [3.05, 3.63) is 30.1 Å². The third-order valence-corrected chi connectivity index (χ3v) is 2.06. The van der Waals surface area contributed by atoms with Crippen LogP contribution in [0.5, 0.6) is 5.75 Å². The number of carboxylic acids is 1. The summed E-state index contributed by atoms with van der Waals surface area (Å²) in [5.74, 6) is -0.771. The van der Waals surface area contributed by atoms with Crippen molar-refractivity contribution in [2.45, 2.75) is 18.9 Å². The van der Waals surface area contributed by atoms with Gasteiger partial charge in [-0.1, -0.05) is 0 Å². The minimum atomic E-state index is -1.01. The van der Waals surface area contributed by atoms with Gasteiger partial charge in [0.25, 0.3) is 0 Å². The first kappa shape index (κ1) is 12.4. The van der Waals surface area contributed by atoms with Gasteiger partial charge in [0, 0.05) is 0 Å². The number of hydrogen-bond donors (Lipinski definition) is 2. The van der Waals surface area contributed by atoms with Crippen LogP contribution in [0.15, 0.2) is 24.3 Å². The molecule has 88 valence electrons. The summed E-state index contributed by atoms with van der Waals surface area (Å²) in [6, 6.07) is 4.80. The van der Waals surface area contributed by atoms with Gasteiger partial charge in [0.05, 0.1) is 6.61 Å². The highest BCUT2D eigenvalue weighted by atomic mass is 19.1. The van der Waals surface area contributed by atoms with Crippen LogP contribution < -0.4 is 10.5 Å². The van der Waals surface area contributed by atoms with Crippen molar-refractivity contribution >= 4 is 5.97 Å². The lowest BCUT2D eigenvalue weighted by atomic mass is 10.2. The Morgan fingerprint density at radius 2 is 2.06 bits per heavy atom. The standard InChI is InChI=1S/C11H14FNO3/c12-8-3-5-9(6-4-8)16-7-1-2-10(13)11(14)15/h3-6,10H,1-2,7,13H2,(H,14,15). The van der Waals surface area contributed by atoms with E-state index in [2.05, 4.69) is 0 Å². The van der Waals surface area contributed by atoms with Gasteiger partial charge >= 0.3 is 5.97 Å². The van der Waals surface area contributed by atoms with E-state index in [1.54, 1.807) is 0 Å². The summed E-state index contributed by atoms with van der Waals surface area (Å²) in [4.78, 5) is 10.4. The molecule has 0 aliphatic carbocycles. The van der Waals surface area contributed by atoms with Gasteiger partial charge in [-0.05, 0) is 37.1 Å². The molecular weight excluding hydrogens is 213 g/mol. The Labute approximate surface area is 92.8 Å². The number of ether oxygens (including phenoxy) is 1. The van der Waals surface area contributed by atoms with Crippen molar-refractivity contribution in [2.24, 2.45) is 5.73 Å². The number of nitrogens with two attached hydrogens (primary N) is 1. The summed E-state index contributed by atoms with van der Waals surface area (Å²) in [6.07, 6.45) is 0.904. The topological polar surface area (TPSA) is 72.5 Å². The van der Waals surface area contributed by atoms with E-state index in [0.717, 1.165) is 0 Å². The Morgan fingerprint density at radius 3 is 2.62 bits per heavy atom. The fourth-order valence-electron chi connectivity index (χ4n) is 1.15. The molecule has 0 aromatic heterocycles. The van der Waals surface area contributed by atoms with E-state index in [9.17, 15) is 9.18 Å². The third kappa shape index (κ3) is 4.27. The van der Waals surface area contributed by atoms with E-state index in [1.165, 1.54) is 24.3 Å². The molecule has 4 nitrogen and oxygen atoms in total. The van der Waals surface area contributed by atoms with E-state index in [1.807, 2.05) is 0 Å². The van der Waals surface area contributed by atoms with Crippen molar-refractivity contribution < 1.29 is 19.0 Å². The SMILES string of the molecule is NC(CCCOc1ccc(F)cc1)C(=O)O. The van der Waals surface area contributed by atoms with Crippen LogP contribution in [0.25, 0.3) is 0 Å². The first-order valence-corrected chi connectivity index (χ1v) is 4.96. The summed E-state index contributed by atoms with van der Waals surface area (Å²) in [5.41, 5.74) is 5.31. The van der Waals surface area contributed by atoms with E-state index in [-0.39, 0.29) is 5.82 Å². The molecule has 1 unspecified atom stereocenters. The smallest absolute Gasteiger partial charge is 0.320 e. The van der Waals surface area contributed by atoms with Gasteiger partial charge in [-0.2, -0.15) is 0 Å². The third-order valence-electron chi connectivity index (χ3n) is 2.06. The molecule has 0 aliphatic rings. The van der Waals surface area contributed by atoms with Gasteiger partial charge in [0.2, 0.25) is 0 Å². The lowest BCUT2D eigenvalue weighted by Gasteiger charge is -2.07. The van der Waals surface area contributed by atoms with Gasteiger partial charge in [0.15, 0.2) is 0 Å². The molecule has 3 N–H and O–H groups in total. The minimum absolute atomic E-state index is 0.319. The van der Waals surface area contributed by atoms with Crippen LogP contribution in [-0.2, 0) is 4.79 Å². The first-order chi connectivity index (χ1) is 7.59. The Kier molecular flexibility index (Phi) is 4.72. The molecular formula is C11H14FNO3. The second kappa shape index (κ2) is 6.07. The van der Waals surface area contributed by atoms with Crippen LogP contribution in [0.2, 0.25) is 0 Å². The zero-order valence-corrected chi connectivity index (χ0v) is 8.73. The summed E-state index contributed by atoms with van der Waals surface area (Å²) in [5, 5.41) is 8.52. The molecule has 0 amide bonds. The van der Waals surface area contributed by atoms with E-state index >= 15 is 0 Å². The fraction of sp³-hybridized carbons (Fsp3) is 0.364. The highest BCUT2D eigenvalue weighted by Gasteiger charge is 2.10. The molecule has 0 radical (unpaired) electrons. The number of carbonyl (C=O) groups is 1. The van der Waals surface area contributed by atoms with Gasteiger partial charge in [-0.3, -0.25) is 4.79 Å². The molecule has 1 rings (SSSR count). The predicted octanol–water partition coefficient (Wildman–Crippen LogP) is 1.40. The quantitative estimate of drug-likeness (QED) is 0.720. The molecule has 0 saturated heterocycles. The van der Waals surface area contributed by atoms with Crippen LogP contribution in [0, 0.1) is 5.82 Å². The number of carboxylic acid groups (broad SMARTS) is 1. The largest absolute Gasteiger partial charge is 0.494 e.